The third-order valence-electron chi connectivity index (χ3n) is 1.90. The maximum Gasteiger partial charge on any atom is 0.337 e. The van der Waals surface area contributed by atoms with E-state index >= 15 is 0 Å². The Morgan fingerprint density at radius 3 is 2.41 bits per heavy atom. The lowest BCUT2D eigenvalue weighted by atomic mass is 10.1. The van der Waals surface area contributed by atoms with E-state index in [-0.39, 0.29) is 12.2 Å². The molecule has 1 amide bonds. The zero-order valence-corrected chi connectivity index (χ0v) is 8.88. The second kappa shape index (κ2) is 5.35. The molecule has 0 aliphatic carbocycles. The Labute approximate surface area is 95.4 Å². The first-order valence-corrected chi connectivity index (χ1v) is 4.62. The number of likely N-dealkylation sites (N-methyl/N-ethyl adjacent to an activating group) is 1. The molecule has 0 atom stereocenters. The second-order valence-corrected chi connectivity index (χ2v) is 3.20. The van der Waals surface area contributed by atoms with Crippen molar-refractivity contribution in [3.8, 4) is 0 Å². The van der Waals surface area contributed by atoms with E-state index < -0.39 is 29.1 Å². The van der Waals surface area contributed by atoms with Crippen LogP contribution in [0.4, 0.5) is 14.5 Å². The molecule has 0 saturated carbocycles. The molecule has 7 heteroatoms. The molecule has 0 heterocycles. The van der Waals surface area contributed by atoms with Gasteiger partial charge in [0.25, 0.3) is 0 Å². The molecule has 0 saturated heterocycles. The molecule has 92 valence electrons. The SMILES string of the molecule is CNCC(=O)Nc1cc(F)c(F)cc1C(=O)O. The number of carbonyl (C=O) groups excluding carboxylic acids is 1. The normalized spacial score (nSPS) is 10.1. The highest BCUT2D eigenvalue weighted by molar-refractivity contribution is 6.01. The van der Waals surface area contributed by atoms with Crippen molar-refractivity contribution in [1.29, 1.82) is 0 Å². The Hall–Kier alpha value is -2.02. The summed E-state index contributed by atoms with van der Waals surface area (Å²) in [5.41, 5.74) is -0.787. The molecule has 0 fully saturated rings. The molecular formula is C10H10F2N2O3. The van der Waals surface area contributed by atoms with Crippen molar-refractivity contribution in [3.05, 3.63) is 29.3 Å². The van der Waals surface area contributed by atoms with Crippen molar-refractivity contribution in [2.75, 3.05) is 18.9 Å². The van der Waals surface area contributed by atoms with Crippen LogP contribution in [0.5, 0.6) is 0 Å². The number of rotatable bonds is 4. The first-order valence-electron chi connectivity index (χ1n) is 4.62. The first kappa shape index (κ1) is 13.0. The first-order chi connectivity index (χ1) is 7.95. The summed E-state index contributed by atoms with van der Waals surface area (Å²) in [4.78, 5) is 22.0. The number of amides is 1. The predicted octanol–water partition coefficient (Wildman–Crippen LogP) is 0.821. The van der Waals surface area contributed by atoms with Gasteiger partial charge in [0.05, 0.1) is 17.8 Å². The Morgan fingerprint density at radius 1 is 1.29 bits per heavy atom. The Kier molecular flexibility index (Phi) is 4.11. The zero-order chi connectivity index (χ0) is 13.0. The van der Waals surface area contributed by atoms with E-state index in [0.717, 1.165) is 0 Å². The van der Waals surface area contributed by atoms with E-state index in [9.17, 15) is 18.4 Å². The Morgan fingerprint density at radius 2 is 1.88 bits per heavy atom. The van der Waals surface area contributed by atoms with Gasteiger partial charge in [0.2, 0.25) is 5.91 Å². The lowest BCUT2D eigenvalue weighted by molar-refractivity contribution is -0.115. The van der Waals surface area contributed by atoms with Crippen LogP contribution in [-0.2, 0) is 4.79 Å². The third kappa shape index (κ3) is 3.22. The zero-order valence-electron chi connectivity index (χ0n) is 8.88. The summed E-state index contributed by atoms with van der Waals surface area (Å²) in [6.07, 6.45) is 0. The van der Waals surface area contributed by atoms with Gasteiger partial charge in [-0.25, -0.2) is 13.6 Å². The molecule has 0 unspecified atom stereocenters. The van der Waals surface area contributed by atoms with Crippen LogP contribution in [0.25, 0.3) is 0 Å². The molecule has 0 aromatic heterocycles. The van der Waals surface area contributed by atoms with E-state index in [1.807, 2.05) is 0 Å². The smallest absolute Gasteiger partial charge is 0.337 e. The lowest BCUT2D eigenvalue weighted by Crippen LogP contribution is -2.26. The minimum Gasteiger partial charge on any atom is -0.478 e. The Balaban J connectivity index is 3.08. The number of hydrogen-bond acceptors (Lipinski definition) is 3. The van der Waals surface area contributed by atoms with Gasteiger partial charge in [0.1, 0.15) is 0 Å². The number of anilines is 1. The number of aromatic carboxylic acids is 1. The quantitative estimate of drug-likeness (QED) is 0.732. The van der Waals surface area contributed by atoms with Crippen LogP contribution in [0.2, 0.25) is 0 Å². The van der Waals surface area contributed by atoms with Crippen molar-refractivity contribution < 1.29 is 23.5 Å². The maximum atomic E-state index is 12.9. The number of carbonyl (C=O) groups is 2. The van der Waals surface area contributed by atoms with E-state index in [1.54, 1.807) is 0 Å². The summed E-state index contributed by atoms with van der Waals surface area (Å²) >= 11 is 0. The van der Waals surface area contributed by atoms with Gasteiger partial charge in [-0.2, -0.15) is 0 Å². The number of benzene rings is 1. The average Bonchev–Trinajstić information content (AvgIpc) is 2.23. The minimum absolute atomic E-state index is 0.0714. The summed E-state index contributed by atoms with van der Waals surface area (Å²) in [5.74, 6) is -4.52. The highest BCUT2D eigenvalue weighted by Crippen LogP contribution is 2.20. The number of hydrogen-bond donors (Lipinski definition) is 3. The van der Waals surface area contributed by atoms with Crippen LogP contribution in [-0.4, -0.2) is 30.6 Å². The molecule has 3 N–H and O–H groups in total. The van der Waals surface area contributed by atoms with Crippen molar-refractivity contribution in [2.24, 2.45) is 0 Å². The summed E-state index contributed by atoms with van der Waals surface area (Å²) in [6.45, 7) is -0.0714. The van der Waals surface area contributed by atoms with Crippen molar-refractivity contribution in [3.63, 3.8) is 0 Å². The molecule has 0 radical (unpaired) electrons. The predicted molar refractivity (Wildman–Crippen MR) is 55.9 cm³/mol. The topological polar surface area (TPSA) is 78.4 Å². The van der Waals surface area contributed by atoms with Crippen LogP contribution in [0, 0.1) is 11.6 Å². The summed E-state index contributed by atoms with van der Waals surface area (Å²) in [6, 6.07) is 1.15. The van der Waals surface area contributed by atoms with Gasteiger partial charge < -0.3 is 15.7 Å². The molecule has 1 aromatic rings. The number of carboxylic acid groups (broad SMARTS) is 1. The van der Waals surface area contributed by atoms with Crippen LogP contribution < -0.4 is 10.6 Å². The second-order valence-electron chi connectivity index (χ2n) is 3.20. The van der Waals surface area contributed by atoms with Crippen molar-refractivity contribution in [2.45, 2.75) is 0 Å². The lowest BCUT2D eigenvalue weighted by Gasteiger charge is -2.08. The van der Waals surface area contributed by atoms with E-state index in [0.29, 0.717) is 12.1 Å². The fourth-order valence-corrected chi connectivity index (χ4v) is 1.18. The number of halogens is 2. The number of nitrogens with one attached hydrogen (secondary N) is 2. The van der Waals surface area contributed by atoms with Gasteiger partial charge in [0.15, 0.2) is 11.6 Å². The highest BCUT2D eigenvalue weighted by atomic mass is 19.2. The Bertz CT molecular complexity index is 463. The van der Waals surface area contributed by atoms with Crippen LogP contribution in [0.15, 0.2) is 12.1 Å². The summed E-state index contributed by atoms with van der Waals surface area (Å²) in [7, 11) is 1.52. The van der Waals surface area contributed by atoms with Gasteiger partial charge in [-0.15, -0.1) is 0 Å². The molecule has 1 aromatic carbocycles. The van der Waals surface area contributed by atoms with E-state index in [1.165, 1.54) is 7.05 Å². The molecule has 0 spiro atoms. The maximum absolute atomic E-state index is 12.9. The minimum atomic E-state index is -1.45. The standard InChI is InChI=1S/C10H10F2N2O3/c1-13-4-9(15)14-8-3-7(12)6(11)2-5(8)10(16)17/h2-3,13H,4H2,1H3,(H,14,15)(H,16,17). The van der Waals surface area contributed by atoms with Gasteiger partial charge >= 0.3 is 5.97 Å². The fourth-order valence-electron chi connectivity index (χ4n) is 1.18. The van der Waals surface area contributed by atoms with Crippen molar-refractivity contribution in [1.82, 2.24) is 5.32 Å². The van der Waals surface area contributed by atoms with E-state index in [2.05, 4.69) is 10.6 Å². The summed E-state index contributed by atoms with van der Waals surface area (Å²) < 4.78 is 25.8. The molecule has 0 aliphatic heterocycles. The van der Waals surface area contributed by atoms with E-state index in [4.69, 9.17) is 5.11 Å². The monoisotopic (exact) mass is 244 g/mol. The molecule has 0 aliphatic rings. The fraction of sp³-hybridized carbons (Fsp3) is 0.200. The van der Waals surface area contributed by atoms with Crippen LogP contribution >= 0.6 is 0 Å². The van der Waals surface area contributed by atoms with Crippen LogP contribution in [0.3, 0.4) is 0 Å². The molecule has 17 heavy (non-hydrogen) atoms. The number of carboxylic acids is 1. The van der Waals surface area contributed by atoms with Crippen LogP contribution in [0.1, 0.15) is 10.4 Å². The van der Waals surface area contributed by atoms with Gasteiger partial charge in [-0.1, -0.05) is 0 Å². The van der Waals surface area contributed by atoms with Gasteiger partial charge in [-0.3, -0.25) is 4.79 Å². The molecule has 5 nitrogen and oxygen atoms in total. The molecule has 1 rings (SSSR count). The molecular weight excluding hydrogens is 234 g/mol. The average molecular weight is 244 g/mol. The summed E-state index contributed by atoms with van der Waals surface area (Å²) in [5, 5.41) is 13.5. The third-order valence-corrected chi connectivity index (χ3v) is 1.90. The van der Waals surface area contributed by atoms with Gasteiger partial charge in [-0.05, 0) is 13.1 Å². The molecule has 0 bridgehead atoms. The van der Waals surface area contributed by atoms with Gasteiger partial charge in [0, 0.05) is 6.07 Å². The van der Waals surface area contributed by atoms with Crippen molar-refractivity contribution >= 4 is 17.6 Å². The highest BCUT2D eigenvalue weighted by Gasteiger charge is 2.16. The largest absolute Gasteiger partial charge is 0.478 e.